The molecular formula is C15H14N4O2S2. The van der Waals surface area contributed by atoms with Gasteiger partial charge in [0, 0.05) is 18.4 Å². The van der Waals surface area contributed by atoms with E-state index in [1.165, 1.54) is 11.8 Å². The molecule has 0 aliphatic rings. The summed E-state index contributed by atoms with van der Waals surface area (Å²) in [5, 5.41) is 0. The summed E-state index contributed by atoms with van der Waals surface area (Å²) in [6, 6.07) is 11.3. The normalized spacial score (nSPS) is 10.6. The summed E-state index contributed by atoms with van der Waals surface area (Å²) in [6.07, 6.45) is 1.94. The van der Waals surface area contributed by atoms with Gasteiger partial charge in [0.1, 0.15) is 5.69 Å². The molecule has 23 heavy (non-hydrogen) atoms. The molecule has 0 fully saturated rings. The Hall–Kier alpha value is -2.32. The largest absolute Gasteiger partial charge is 0.357 e. The minimum atomic E-state index is -0.373. The third-order valence-electron chi connectivity index (χ3n) is 2.99. The van der Waals surface area contributed by atoms with Gasteiger partial charge in [-0.2, -0.15) is 0 Å². The maximum atomic E-state index is 11.7. The number of aromatic amines is 1. The van der Waals surface area contributed by atoms with E-state index in [2.05, 4.69) is 20.8 Å². The van der Waals surface area contributed by atoms with E-state index in [1.807, 2.05) is 24.3 Å². The van der Waals surface area contributed by atoms with Crippen LogP contribution in [0.5, 0.6) is 0 Å². The number of H-pyrrole nitrogens is 1. The van der Waals surface area contributed by atoms with Gasteiger partial charge in [0.05, 0.1) is 10.2 Å². The predicted octanol–water partition coefficient (Wildman–Crippen LogP) is 2.57. The first-order valence-corrected chi connectivity index (χ1v) is 8.73. The Labute approximate surface area is 140 Å². The van der Waals surface area contributed by atoms with Crippen molar-refractivity contribution in [2.75, 3.05) is 5.75 Å². The molecule has 0 spiro atoms. The molecule has 0 aliphatic heterocycles. The van der Waals surface area contributed by atoms with Gasteiger partial charge in [-0.05, 0) is 24.3 Å². The number of carbonyl (C=O) groups is 2. The molecule has 0 unspecified atom stereocenters. The standard InChI is InChI=1S/C15H14N4O2S2/c20-13(18-19-14(21)11-5-3-8-16-11)7-9-22-15-17-10-4-1-2-6-12(10)23-15/h1-6,8,16H,7,9H2,(H,18,20)(H,19,21). The molecule has 3 N–H and O–H groups in total. The first-order valence-electron chi connectivity index (χ1n) is 6.93. The fourth-order valence-corrected chi connectivity index (χ4v) is 3.95. The van der Waals surface area contributed by atoms with Crippen molar-refractivity contribution in [3.05, 3.63) is 48.3 Å². The van der Waals surface area contributed by atoms with Crippen molar-refractivity contribution >= 4 is 45.1 Å². The average Bonchev–Trinajstić information content (AvgIpc) is 3.21. The lowest BCUT2D eigenvalue weighted by Gasteiger charge is -2.05. The van der Waals surface area contributed by atoms with Crippen LogP contribution in [0, 0.1) is 0 Å². The van der Waals surface area contributed by atoms with Crippen molar-refractivity contribution in [1.29, 1.82) is 0 Å². The molecule has 0 bridgehead atoms. The first-order chi connectivity index (χ1) is 11.2. The summed E-state index contributed by atoms with van der Waals surface area (Å²) in [4.78, 5) is 30.6. The number of nitrogens with zero attached hydrogens (tertiary/aromatic N) is 1. The smallest absolute Gasteiger partial charge is 0.286 e. The maximum Gasteiger partial charge on any atom is 0.286 e. The molecule has 6 nitrogen and oxygen atoms in total. The number of para-hydroxylation sites is 1. The monoisotopic (exact) mass is 346 g/mol. The van der Waals surface area contributed by atoms with Crippen molar-refractivity contribution < 1.29 is 9.59 Å². The topological polar surface area (TPSA) is 86.9 Å². The Morgan fingerprint density at radius 2 is 2.04 bits per heavy atom. The van der Waals surface area contributed by atoms with Crippen LogP contribution in [0.15, 0.2) is 46.9 Å². The Balaban J connectivity index is 1.41. The number of thioether (sulfide) groups is 1. The number of hydrogen-bond acceptors (Lipinski definition) is 5. The number of hydrogen-bond donors (Lipinski definition) is 3. The SMILES string of the molecule is O=C(CCSc1nc2ccccc2s1)NNC(=O)c1ccc[nH]1. The van der Waals surface area contributed by atoms with Crippen molar-refractivity contribution in [3.8, 4) is 0 Å². The minimum absolute atomic E-state index is 0.237. The molecule has 3 aromatic rings. The summed E-state index contributed by atoms with van der Waals surface area (Å²) < 4.78 is 2.08. The van der Waals surface area contributed by atoms with E-state index in [4.69, 9.17) is 0 Å². The van der Waals surface area contributed by atoms with Crippen LogP contribution in [-0.4, -0.2) is 27.5 Å². The maximum absolute atomic E-state index is 11.7. The number of thiazole rings is 1. The summed E-state index contributed by atoms with van der Waals surface area (Å²) in [5.74, 6) is -0.00925. The Morgan fingerprint density at radius 3 is 2.83 bits per heavy atom. The van der Waals surface area contributed by atoms with Crippen LogP contribution in [0.25, 0.3) is 10.2 Å². The Bertz CT molecular complexity index is 781. The highest BCUT2D eigenvalue weighted by Crippen LogP contribution is 2.29. The van der Waals surface area contributed by atoms with E-state index in [0.717, 1.165) is 14.6 Å². The highest BCUT2D eigenvalue weighted by atomic mass is 32.2. The number of rotatable bonds is 5. The van der Waals surface area contributed by atoms with E-state index in [9.17, 15) is 9.59 Å². The van der Waals surface area contributed by atoms with Gasteiger partial charge in [-0.25, -0.2) is 4.98 Å². The zero-order valence-electron chi connectivity index (χ0n) is 12.0. The van der Waals surface area contributed by atoms with E-state index in [-0.39, 0.29) is 11.8 Å². The summed E-state index contributed by atoms with van der Waals surface area (Å²) in [5.41, 5.74) is 6.13. The van der Waals surface area contributed by atoms with Gasteiger partial charge in [0.2, 0.25) is 5.91 Å². The van der Waals surface area contributed by atoms with Gasteiger partial charge >= 0.3 is 0 Å². The molecule has 8 heteroatoms. The van der Waals surface area contributed by atoms with E-state index in [1.54, 1.807) is 29.7 Å². The number of benzene rings is 1. The number of nitrogens with one attached hydrogen (secondary N) is 3. The number of amides is 2. The second kappa shape index (κ2) is 7.30. The van der Waals surface area contributed by atoms with E-state index < -0.39 is 0 Å². The highest BCUT2D eigenvalue weighted by Gasteiger charge is 2.09. The fraction of sp³-hybridized carbons (Fsp3) is 0.133. The van der Waals surface area contributed by atoms with Crippen molar-refractivity contribution in [3.63, 3.8) is 0 Å². The van der Waals surface area contributed by atoms with Gasteiger partial charge in [0.25, 0.3) is 5.91 Å². The lowest BCUT2D eigenvalue weighted by molar-refractivity contribution is -0.121. The van der Waals surface area contributed by atoms with Gasteiger partial charge in [-0.15, -0.1) is 11.3 Å². The van der Waals surface area contributed by atoms with E-state index in [0.29, 0.717) is 17.9 Å². The van der Waals surface area contributed by atoms with Gasteiger partial charge in [-0.3, -0.25) is 20.4 Å². The van der Waals surface area contributed by atoms with Gasteiger partial charge in [0.15, 0.2) is 4.34 Å². The Morgan fingerprint density at radius 1 is 1.17 bits per heavy atom. The molecule has 0 atom stereocenters. The van der Waals surface area contributed by atoms with Crippen LogP contribution in [0.4, 0.5) is 0 Å². The van der Waals surface area contributed by atoms with Crippen molar-refractivity contribution in [2.45, 2.75) is 10.8 Å². The number of hydrazine groups is 1. The fourth-order valence-electron chi connectivity index (χ4n) is 1.87. The van der Waals surface area contributed by atoms with Crippen LogP contribution < -0.4 is 10.9 Å². The van der Waals surface area contributed by atoms with Crippen LogP contribution in [0.3, 0.4) is 0 Å². The average molecular weight is 346 g/mol. The lowest BCUT2D eigenvalue weighted by atomic mass is 10.3. The van der Waals surface area contributed by atoms with Crippen LogP contribution >= 0.6 is 23.1 Å². The molecule has 0 saturated heterocycles. The summed E-state index contributed by atoms with van der Waals surface area (Å²) in [6.45, 7) is 0. The molecule has 2 aromatic heterocycles. The van der Waals surface area contributed by atoms with Crippen LogP contribution in [0.1, 0.15) is 16.9 Å². The zero-order valence-corrected chi connectivity index (χ0v) is 13.7. The summed E-state index contributed by atoms with van der Waals surface area (Å²) in [7, 11) is 0. The molecule has 2 amide bonds. The third-order valence-corrected chi connectivity index (χ3v) is 5.17. The lowest BCUT2D eigenvalue weighted by Crippen LogP contribution is -2.41. The number of carbonyl (C=O) groups excluding carboxylic acids is 2. The van der Waals surface area contributed by atoms with Crippen molar-refractivity contribution in [2.24, 2.45) is 0 Å². The number of fused-ring (bicyclic) bond motifs is 1. The van der Waals surface area contributed by atoms with Crippen molar-refractivity contribution in [1.82, 2.24) is 20.8 Å². The first kappa shape index (κ1) is 15.6. The molecule has 118 valence electrons. The molecule has 3 rings (SSSR count). The second-order valence-electron chi connectivity index (χ2n) is 4.63. The Kier molecular flexibility index (Phi) is 4.94. The second-order valence-corrected chi connectivity index (χ2v) is 7.00. The minimum Gasteiger partial charge on any atom is -0.357 e. The molecule has 2 heterocycles. The van der Waals surface area contributed by atoms with Gasteiger partial charge in [-0.1, -0.05) is 23.9 Å². The number of aromatic nitrogens is 2. The van der Waals surface area contributed by atoms with Gasteiger partial charge < -0.3 is 4.98 Å². The predicted molar refractivity (Wildman–Crippen MR) is 91.4 cm³/mol. The highest BCUT2D eigenvalue weighted by molar-refractivity contribution is 8.01. The van der Waals surface area contributed by atoms with Crippen LogP contribution in [-0.2, 0) is 4.79 Å². The molecular weight excluding hydrogens is 332 g/mol. The zero-order chi connectivity index (χ0) is 16.1. The quantitative estimate of drug-likeness (QED) is 0.489. The summed E-state index contributed by atoms with van der Waals surface area (Å²) >= 11 is 3.15. The molecule has 0 aliphatic carbocycles. The molecule has 0 saturated carbocycles. The van der Waals surface area contributed by atoms with Crippen LogP contribution in [0.2, 0.25) is 0 Å². The molecule has 1 aromatic carbocycles. The third kappa shape index (κ3) is 4.11. The molecule has 0 radical (unpaired) electrons. The van der Waals surface area contributed by atoms with E-state index >= 15 is 0 Å².